The Morgan fingerprint density at radius 2 is 1.57 bits per heavy atom. The number of hydrogen-bond donors (Lipinski definition) is 0. The van der Waals surface area contributed by atoms with Gasteiger partial charge in [0, 0.05) is 17.1 Å². The van der Waals surface area contributed by atoms with E-state index in [9.17, 15) is 4.39 Å². The lowest BCUT2D eigenvalue weighted by Gasteiger charge is -2.10. The average Bonchev–Trinajstić information content (AvgIpc) is 2.57. The molecule has 0 bridgehead atoms. The minimum atomic E-state index is -0.169. The molecule has 4 aromatic rings. The van der Waals surface area contributed by atoms with Gasteiger partial charge >= 0.3 is 0 Å². The number of halogens is 1. The van der Waals surface area contributed by atoms with Gasteiger partial charge in [-0.25, -0.2) is 4.39 Å². The van der Waals surface area contributed by atoms with Crippen molar-refractivity contribution in [3.63, 3.8) is 0 Å². The first-order valence-electron chi connectivity index (χ1n) is 7.68. The number of hydrogen-bond acceptors (Lipinski definition) is 1. The predicted molar refractivity (Wildman–Crippen MR) is 94.1 cm³/mol. The van der Waals surface area contributed by atoms with Gasteiger partial charge in [0.1, 0.15) is 5.82 Å². The highest BCUT2D eigenvalue weighted by Gasteiger charge is 2.09. The molecule has 0 aliphatic heterocycles. The van der Waals surface area contributed by atoms with Crippen LogP contribution in [0.1, 0.15) is 11.1 Å². The molecular formula is C21H16FN. The molecule has 0 N–H and O–H groups in total. The zero-order chi connectivity index (χ0) is 16.0. The number of fused-ring (bicyclic) bond motifs is 3. The zero-order valence-corrected chi connectivity index (χ0v) is 13.1. The maximum Gasteiger partial charge on any atom is 0.126 e. The van der Waals surface area contributed by atoms with Crippen LogP contribution < -0.4 is 0 Å². The summed E-state index contributed by atoms with van der Waals surface area (Å²) >= 11 is 0. The van der Waals surface area contributed by atoms with E-state index in [4.69, 9.17) is 0 Å². The smallest absolute Gasteiger partial charge is 0.126 e. The van der Waals surface area contributed by atoms with E-state index in [-0.39, 0.29) is 5.82 Å². The summed E-state index contributed by atoms with van der Waals surface area (Å²) in [6.45, 7) is 3.71. The van der Waals surface area contributed by atoms with Crippen LogP contribution in [0.25, 0.3) is 32.8 Å². The van der Waals surface area contributed by atoms with Crippen LogP contribution in [0.2, 0.25) is 0 Å². The van der Waals surface area contributed by atoms with E-state index in [2.05, 4.69) is 41.4 Å². The minimum Gasteiger partial charge on any atom is -0.256 e. The SMILES string of the molecule is Cc1cc(-c2cc3c(ccc4ccccc43)cn2)c(C)cc1F. The summed E-state index contributed by atoms with van der Waals surface area (Å²) in [7, 11) is 0. The molecule has 0 radical (unpaired) electrons. The standard InChI is InChI=1S/C21H16FN/c1-13-10-20(22)14(2)9-18(13)21-11-19-16(12-23-21)8-7-15-5-3-4-6-17(15)19/h3-12H,1-2H3. The number of benzene rings is 3. The second-order valence-electron chi connectivity index (χ2n) is 5.99. The number of rotatable bonds is 1. The second-order valence-corrected chi connectivity index (χ2v) is 5.99. The number of aromatic nitrogens is 1. The fraction of sp³-hybridized carbons (Fsp3) is 0.0952. The van der Waals surface area contributed by atoms with Gasteiger partial charge in [-0.2, -0.15) is 0 Å². The lowest BCUT2D eigenvalue weighted by atomic mass is 9.98. The van der Waals surface area contributed by atoms with E-state index >= 15 is 0 Å². The van der Waals surface area contributed by atoms with Gasteiger partial charge in [0.15, 0.2) is 0 Å². The van der Waals surface area contributed by atoms with Gasteiger partial charge in [0.2, 0.25) is 0 Å². The largest absolute Gasteiger partial charge is 0.256 e. The van der Waals surface area contributed by atoms with Crippen LogP contribution >= 0.6 is 0 Å². The second kappa shape index (κ2) is 5.17. The maximum atomic E-state index is 13.7. The molecule has 2 heteroatoms. The molecule has 0 amide bonds. The van der Waals surface area contributed by atoms with Gasteiger partial charge in [-0.3, -0.25) is 4.98 Å². The maximum absolute atomic E-state index is 13.7. The van der Waals surface area contributed by atoms with Crippen molar-refractivity contribution >= 4 is 21.5 Å². The lowest BCUT2D eigenvalue weighted by molar-refractivity contribution is 0.617. The van der Waals surface area contributed by atoms with Crippen molar-refractivity contribution in [1.82, 2.24) is 4.98 Å². The first-order valence-corrected chi connectivity index (χ1v) is 7.68. The topological polar surface area (TPSA) is 12.9 Å². The van der Waals surface area contributed by atoms with Crippen LogP contribution in [-0.2, 0) is 0 Å². The van der Waals surface area contributed by atoms with Gasteiger partial charge in [-0.15, -0.1) is 0 Å². The number of aryl methyl sites for hydroxylation is 2. The molecule has 112 valence electrons. The van der Waals surface area contributed by atoms with Crippen molar-refractivity contribution in [2.24, 2.45) is 0 Å². The highest BCUT2D eigenvalue weighted by atomic mass is 19.1. The summed E-state index contributed by atoms with van der Waals surface area (Å²) in [6.07, 6.45) is 1.90. The fourth-order valence-corrected chi connectivity index (χ4v) is 3.10. The van der Waals surface area contributed by atoms with E-state index in [1.807, 2.05) is 25.3 Å². The minimum absolute atomic E-state index is 0.169. The van der Waals surface area contributed by atoms with E-state index in [1.165, 1.54) is 16.2 Å². The van der Waals surface area contributed by atoms with Gasteiger partial charge < -0.3 is 0 Å². The highest BCUT2D eigenvalue weighted by molar-refractivity contribution is 6.08. The van der Waals surface area contributed by atoms with Crippen molar-refractivity contribution in [1.29, 1.82) is 0 Å². The normalized spacial score (nSPS) is 11.3. The molecule has 0 saturated heterocycles. The van der Waals surface area contributed by atoms with Crippen molar-refractivity contribution in [2.75, 3.05) is 0 Å². The van der Waals surface area contributed by atoms with Crippen molar-refractivity contribution < 1.29 is 4.39 Å². The van der Waals surface area contributed by atoms with Crippen LogP contribution in [0.15, 0.2) is 60.8 Å². The van der Waals surface area contributed by atoms with Crippen LogP contribution in [0.5, 0.6) is 0 Å². The van der Waals surface area contributed by atoms with E-state index in [1.54, 1.807) is 13.0 Å². The molecule has 23 heavy (non-hydrogen) atoms. The Morgan fingerprint density at radius 3 is 2.43 bits per heavy atom. The Bertz CT molecular complexity index is 1050. The van der Waals surface area contributed by atoms with Crippen molar-refractivity contribution in [3.8, 4) is 11.3 Å². The molecule has 3 aromatic carbocycles. The zero-order valence-electron chi connectivity index (χ0n) is 13.1. The molecule has 0 unspecified atom stereocenters. The summed E-state index contributed by atoms with van der Waals surface area (Å²) in [4.78, 5) is 4.59. The van der Waals surface area contributed by atoms with E-state index in [0.29, 0.717) is 5.56 Å². The Hall–Kier alpha value is -2.74. The molecular weight excluding hydrogens is 285 g/mol. The molecule has 0 atom stereocenters. The fourth-order valence-electron chi connectivity index (χ4n) is 3.10. The summed E-state index contributed by atoms with van der Waals surface area (Å²) in [6, 6.07) is 18.1. The van der Waals surface area contributed by atoms with Crippen molar-refractivity contribution in [3.05, 3.63) is 77.7 Å². The molecule has 0 fully saturated rings. The van der Waals surface area contributed by atoms with Gasteiger partial charge in [-0.1, -0.05) is 36.4 Å². The van der Waals surface area contributed by atoms with Gasteiger partial charge in [-0.05, 0) is 59.3 Å². The summed E-state index contributed by atoms with van der Waals surface area (Å²) in [5.41, 5.74) is 3.42. The first kappa shape index (κ1) is 13.9. The quantitative estimate of drug-likeness (QED) is 0.404. The Labute approximate surface area is 134 Å². The first-order chi connectivity index (χ1) is 11.1. The highest BCUT2D eigenvalue weighted by Crippen LogP contribution is 2.30. The Kier molecular flexibility index (Phi) is 3.12. The van der Waals surface area contributed by atoms with E-state index < -0.39 is 0 Å². The molecule has 0 saturated carbocycles. The average molecular weight is 301 g/mol. The number of nitrogens with zero attached hydrogens (tertiary/aromatic N) is 1. The molecule has 1 nitrogen and oxygen atoms in total. The molecule has 0 aliphatic carbocycles. The van der Waals surface area contributed by atoms with E-state index in [0.717, 1.165) is 22.2 Å². The van der Waals surface area contributed by atoms with Gasteiger partial charge in [0.25, 0.3) is 0 Å². The third-order valence-corrected chi connectivity index (χ3v) is 4.41. The van der Waals surface area contributed by atoms with Crippen LogP contribution in [0.4, 0.5) is 4.39 Å². The van der Waals surface area contributed by atoms with Crippen LogP contribution in [0.3, 0.4) is 0 Å². The lowest BCUT2D eigenvalue weighted by Crippen LogP contribution is -1.92. The summed E-state index contributed by atoms with van der Waals surface area (Å²) < 4.78 is 13.7. The van der Waals surface area contributed by atoms with Crippen LogP contribution in [0, 0.1) is 19.7 Å². The number of pyridine rings is 1. The summed E-state index contributed by atoms with van der Waals surface area (Å²) in [5, 5.41) is 4.72. The molecule has 0 aliphatic rings. The summed E-state index contributed by atoms with van der Waals surface area (Å²) in [5.74, 6) is -0.169. The van der Waals surface area contributed by atoms with Gasteiger partial charge in [0.05, 0.1) is 5.69 Å². The third-order valence-electron chi connectivity index (χ3n) is 4.41. The van der Waals surface area contributed by atoms with Crippen LogP contribution in [-0.4, -0.2) is 4.98 Å². The molecule has 0 spiro atoms. The monoisotopic (exact) mass is 301 g/mol. The Morgan fingerprint density at radius 1 is 0.783 bits per heavy atom. The predicted octanol–water partition coefficient (Wildman–Crippen LogP) is 5.81. The van der Waals surface area contributed by atoms with Crippen molar-refractivity contribution in [2.45, 2.75) is 13.8 Å². The molecule has 1 heterocycles. The Balaban J connectivity index is 2.02. The molecule has 1 aromatic heterocycles. The molecule has 4 rings (SSSR count). The third kappa shape index (κ3) is 2.27.